The van der Waals surface area contributed by atoms with Crippen LogP contribution in [0.2, 0.25) is 0 Å². The van der Waals surface area contributed by atoms with Crippen molar-refractivity contribution in [2.75, 3.05) is 16.8 Å². The van der Waals surface area contributed by atoms with Crippen LogP contribution in [0.25, 0.3) is 0 Å². The molecule has 7 nitrogen and oxygen atoms in total. The summed E-state index contributed by atoms with van der Waals surface area (Å²) in [6.45, 7) is 0. The highest BCUT2D eigenvalue weighted by Crippen LogP contribution is 2.35. The van der Waals surface area contributed by atoms with Gasteiger partial charge >= 0.3 is 6.18 Å². The number of carbonyl (C=O) groups excluding carboxylic acids is 2. The van der Waals surface area contributed by atoms with Crippen molar-refractivity contribution in [2.24, 2.45) is 4.99 Å². The molecule has 2 N–H and O–H groups in total. The molecule has 0 aliphatic carbocycles. The molecular weight excluding hydrogens is 423 g/mol. The second-order valence-corrected chi connectivity index (χ2v) is 8.13. The third kappa shape index (κ3) is 5.43. The second kappa shape index (κ2) is 8.27. The van der Waals surface area contributed by atoms with Crippen LogP contribution in [0, 0.1) is 0 Å². The quantitative estimate of drug-likeness (QED) is 0.704. The van der Waals surface area contributed by atoms with E-state index in [0.29, 0.717) is 20.4 Å². The lowest BCUT2D eigenvalue weighted by Crippen LogP contribution is -2.19. The van der Waals surface area contributed by atoms with Gasteiger partial charge in [0.15, 0.2) is 9.51 Å². The third-order valence-corrected chi connectivity index (χ3v) is 5.84. The first-order chi connectivity index (χ1) is 12.8. The highest BCUT2D eigenvalue weighted by Gasteiger charge is 2.33. The first-order valence-electron chi connectivity index (χ1n) is 7.25. The van der Waals surface area contributed by atoms with Crippen molar-refractivity contribution in [2.45, 2.75) is 10.5 Å². The van der Waals surface area contributed by atoms with E-state index in [1.165, 1.54) is 30.0 Å². The van der Waals surface area contributed by atoms with Crippen molar-refractivity contribution in [3.05, 3.63) is 29.8 Å². The Labute approximate surface area is 163 Å². The van der Waals surface area contributed by atoms with Crippen LogP contribution in [-0.4, -0.2) is 38.7 Å². The molecule has 0 spiro atoms. The zero-order chi connectivity index (χ0) is 19.4. The van der Waals surface area contributed by atoms with Crippen LogP contribution in [0.4, 0.5) is 24.0 Å². The molecule has 1 aromatic heterocycles. The number of halogens is 3. The third-order valence-electron chi connectivity index (χ3n) is 3.01. The van der Waals surface area contributed by atoms with Crippen molar-refractivity contribution in [3.8, 4) is 0 Å². The molecule has 0 bridgehead atoms. The maximum absolute atomic E-state index is 12.9. The van der Waals surface area contributed by atoms with Crippen LogP contribution in [0.3, 0.4) is 0 Å². The minimum atomic E-state index is -4.56. The highest BCUT2D eigenvalue weighted by molar-refractivity contribution is 8.15. The van der Waals surface area contributed by atoms with Gasteiger partial charge in [0.1, 0.15) is 0 Å². The molecule has 2 amide bonds. The summed E-state index contributed by atoms with van der Waals surface area (Å²) in [5, 5.41) is 13.2. The Kier molecular flexibility index (Phi) is 6.01. The van der Waals surface area contributed by atoms with E-state index in [1.807, 2.05) is 0 Å². The minimum Gasteiger partial charge on any atom is -0.325 e. The Morgan fingerprint density at radius 3 is 2.81 bits per heavy atom. The Morgan fingerprint density at radius 2 is 2.11 bits per heavy atom. The van der Waals surface area contributed by atoms with Crippen molar-refractivity contribution in [3.63, 3.8) is 0 Å². The van der Waals surface area contributed by atoms with Crippen LogP contribution in [0.15, 0.2) is 33.6 Å². The number of benzene rings is 1. The highest BCUT2D eigenvalue weighted by atomic mass is 32.2. The summed E-state index contributed by atoms with van der Waals surface area (Å²) in [7, 11) is 0. The van der Waals surface area contributed by atoms with Gasteiger partial charge < -0.3 is 10.6 Å². The number of alkyl halides is 3. The summed E-state index contributed by atoms with van der Waals surface area (Å²) < 4.78 is 39.2. The fourth-order valence-corrected chi connectivity index (χ4v) is 4.18. The zero-order valence-corrected chi connectivity index (χ0v) is 15.7. The van der Waals surface area contributed by atoms with Gasteiger partial charge in [0.05, 0.1) is 22.8 Å². The molecule has 1 fully saturated rings. The van der Waals surface area contributed by atoms with Gasteiger partial charge in [-0.25, -0.2) is 0 Å². The van der Waals surface area contributed by atoms with E-state index in [-0.39, 0.29) is 17.3 Å². The van der Waals surface area contributed by atoms with Crippen LogP contribution >= 0.6 is 34.9 Å². The lowest BCUT2D eigenvalue weighted by molar-refractivity contribution is -0.137. The molecule has 0 saturated carbocycles. The predicted molar refractivity (Wildman–Crippen MR) is 98.4 cm³/mol. The fourth-order valence-electron chi connectivity index (χ4n) is 1.93. The molecule has 2 aromatic rings. The van der Waals surface area contributed by atoms with Gasteiger partial charge in [-0.1, -0.05) is 47.0 Å². The van der Waals surface area contributed by atoms with Gasteiger partial charge in [-0.3, -0.25) is 9.59 Å². The SMILES string of the molecule is O=C1CS/C(=N/c2nnc(SCC(=O)Nc3ccccc3C(F)(F)F)s2)N1. The van der Waals surface area contributed by atoms with Crippen LogP contribution in [0.5, 0.6) is 0 Å². The molecule has 27 heavy (non-hydrogen) atoms. The molecular formula is C14H10F3N5O2S3. The average Bonchev–Trinajstić information content (AvgIpc) is 3.22. The van der Waals surface area contributed by atoms with Gasteiger partial charge in [-0.15, -0.1) is 10.2 Å². The van der Waals surface area contributed by atoms with E-state index in [1.54, 1.807) is 0 Å². The number of aromatic nitrogens is 2. The molecule has 3 rings (SSSR count). The van der Waals surface area contributed by atoms with Crippen LogP contribution in [-0.2, 0) is 15.8 Å². The zero-order valence-electron chi connectivity index (χ0n) is 13.2. The van der Waals surface area contributed by atoms with Gasteiger partial charge in [0.25, 0.3) is 0 Å². The molecule has 0 radical (unpaired) electrons. The Bertz CT molecular complexity index is 900. The number of rotatable bonds is 5. The van der Waals surface area contributed by atoms with Gasteiger partial charge in [-0.05, 0) is 12.1 Å². The number of amidine groups is 1. The summed E-state index contributed by atoms with van der Waals surface area (Å²) in [6, 6.07) is 4.76. The average molecular weight is 433 g/mol. The second-order valence-electron chi connectivity index (χ2n) is 4.98. The molecule has 2 heterocycles. The summed E-state index contributed by atoms with van der Waals surface area (Å²) in [4.78, 5) is 27.2. The minimum absolute atomic E-state index is 0.136. The number of aliphatic imine (C=N–C) groups is 1. The summed E-state index contributed by atoms with van der Waals surface area (Å²) in [5.74, 6) is -0.589. The molecule has 1 aromatic carbocycles. The van der Waals surface area contributed by atoms with Crippen LogP contribution < -0.4 is 10.6 Å². The molecule has 1 aliphatic rings. The lowest BCUT2D eigenvalue weighted by atomic mass is 10.1. The van der Waals surface area contributed by atoms with Crippen molar-refractivity contribution in [1.29, 1.82) is 0 Å². The summed E-state index contributed by atoms with van der Waals surface area (Å²) in [6.07, 6.45) is -4.56. The predicted octanol–water partition coefficient (Wildman–Crippen LogP) is 3.14. The number of thioether (sulfide) groups is 2. The monoisotopic (exact) mass is 433 g/mol. The topological polar surface area (TPSA) is 96.3 Å². The smallest absolute Gasteiger partial charge is 0.325 e. The van der Waals surface area contributed by atoms with Gasteiger partial charge in [0.2, 0.25) is 16.9 Å². The number of nitrogens with one attached hydrogen (secondary N) is 2. The van der Waals surface area contributed by atoms with Gasteiger partial charge in [-0.2, -0.15) is 18.2 Å². The van der Waals surface area contributed by atoms with Crippen molar-refractivity contribution in [1.82, 2.24) is 15.5 Å². The number of nitrogens with zero attached hydrogens (tertiary/aromatic N) is 3. The standard InChI is InChI=1S/C14H10F3N5O2S3/c15-14(16,17)7-3-1-2-4-8(7)18-9(23)6-26-13-22-21-12(27-13)20-11-19-10(24)5-25-11/h1-4H,5-6H2,(H,18,23)(H,19,20,21,24). The molecule has 0 unspecified atom stereocenters. The maximum Gasteiger partial charge on any atom is 0.418 e. The molecule has 142 valence electrons. The molecule has 13 heteroatoms. The van der Waals surface area contributed by atoms with Crippen LogP contribution in [0.1, 0.15) is 5.56 Å². The van der Waals surface area contributed by atoms with E-state index in [2.05, 4.69) is 25.8 Å². The van der Waals surface area contributed by atoms with E-state index < -0.39 is 17.6 Å². The normalized spacial score (nSPS) is 15.8. The summed E-state index contributed by atoms with van der Waals surface area (Å²) in [5.41, 5.74) is -1.21. The Morgan fingerprint density at radius 1 is 1.33 bits per heavy atom. The fraction of sp³-hybridized carbons (Fsp3) is 0.214. The van der Waals surface area contributed by atoms with E-state index >= 15 is 0 Å². The number of amides is 2. The first-order valence-corrected chi connectivity index (χ1v) is 10.0. The number of anilines is 1. The lowest BCUT2D eigenvalue weighted by Gasteiger charge is -2.13. The molecule has 1 saturated heterocycles. The number of carbonyl (C=O) groups is 2. The first kappa shape index (κ1) is 19.6. The Balaban J connectivity index is 1.57. The molecule has 0 atom stereocenters. The number of hydrogen-bond acceptors (Lipinski definition) is 8. The van der Waals surface area contributed by atoms with E-state index in [9.17, 15) is 22.8 Å². The largest absolute Gasteiger partial charge is 0.418 e. The van der Waals surface area contributed by atoms with Crippen molar-refractivity contribution < 1.29 is 22.8 Å². The number of hydrogen-bond donors (Lipinski definition) is 2. The van der Waals surface area contributed by atoms with E-state index in [4.69, 9.17) is 0 Å². The molecule has 1 aliphatic heterocycles. The number of para-hydroxylation sites is 1. The van der Waals surface area contributed by atoms with Gasteiger partial charge in [0, 0.05) is 0 Å². The summed E-state index contributed by atoms with van der Waals surface area (Å²) >= 11 is 3.38. The van der Waals surface area contributed by atoms with E-state index in [0.717, 1.165) is 29.2 Å². The Hall–Kier alpha value is -2.12. The maximum atomic E-state index is 12.9. The van der Waals surface area contributed by atoms with Crippen molar-refractivity contribution >= 4 is 62.7 Å².